The average Bonchev–Trinajstić information content (AvgIpc) is 2.67. The number of thioether (sulfide) groups is 1. The highest BCUT2D eigenvalue weighted by Gasteiger charge is 2.14. The molecule has 152 valence electrons. The highest BCUT2D eigenvalue weighted by molar-refractivity contribution is 9.10. The zero-order valence-corrected chi connectivity index (χ0v) is 19.3. The van der Waals surface area contributed by atoms with E-state index in [-0.39, 0.29) is 17.2 Å². The molecule has 0 unspecified atom stereocenters. The van der Waals surface area contributed by atoms with Gasteiger partial charge in [0.15, 0.2) is 5.16 Å². The van der Waals surface area contributed by atoms with E-state index in [2.05, 4.69) is 40.1 Å². The van der Waals surface area contributed by atoms with Gasteiger partial charge in [-0.3, -0.25) is 14.2 Å². The van der Waals surface area contributed by atoms with Gasteiger partial charge in [-0.15, -0.1) is 0 Å². The lowest BCUT2D eigenvalue weighted by Crippen LogP contribution is -2.25. The lowest BCUT2D eigenvalue weighted by Gasteiger charge is -2.14. The fourth-order valence-electron chi connectivity index (χ4n) is 2.73. The number of amides is 1. The van der Waals surface area contributed by atoms with Gasteiger partial charge in [-0.1, -0.05) is 53.1 Å². The van der Waals surface area contributed by atoms with Crippen LogP contribution in [0.4, 0.5) is 5.69 Å². The molecule has 0 aliphatic rings. The highest BCUT2D eigenvalue weighted by Crippen LogP contribution is 2.22. The van der Waals surface area contributed by atoms with Crippen LogP contribution in [0.5, 0.6) is 0 Å². The number of nitrogens with zero attached hydrogens (tertiary/aromatic N) is 2. The number of nitrogens with one attached hydrogen (secondary N) is 1. The van der Waals surface area contributed by atoms with Gasteiger partial charge >= 0.3 is 0 Å². The Hall–Kier alpha value is -1.83. The molecule has 0 radical (unpaired) electrons. The van der Waals surface area contributed by atoms with Crippen molar-refractivity contribution < 1.29 is 4.79 Å². The lowest BCUT2D eigenvalue weighted by atomic mass is 10.1. The highest BCUT2D eigenvalue weighted by atomic mass is 79.9. The summed E-state index contributed by atoms with van der Waals surface area (Å²) in [5.41, 5.74) is 1.15. The molecule has 2 aromatic carbocycles. The van der Waals surface area contributed by atoms with Gasteiger partial charge in [0.05, 0.1) is 16.7 Å². The maximum Gasteiger partial charge on any atom is 0.262 e. The number of carbonyl (C=O) groups excluding carboxylic acids is 1. The Bertz CT molecular complexity index is 1080. The molecule has 0 saturated heterocycles. The van der Waals surface area contributed by atoms with Crippen LogP contribution in [0.25, 0.3) is 10.9 Å². The van der Waals surface area contributed by atoms with E-state index in [1.807, 2.05) is 24.3 Å². The predicted octanol–water partition coefficient (Wildman–Crippen LogP) is 5.59. The van der Waals surface area contributed by atoms with Crippen molar-refractivity contribution in [2.24, 2.45) is 5.92 Å². The van der Waals surface area contributed by atoms with Crippen LogP contribution in [0.1, 0.15) is 20.3 Å². The summed E-state index contributed by atoms with van der Waals surface area (Å²) in [6, 6.07) is 12.4. The molecule has 1 N–H and O–H groups in total. The number of hydrogen-bond donors (Lipinski definition) is 1. The van der Waals surface area contributed by atoms with Crippen LogP contribution in [-0.4, -0.2) is 21.2 Å². The molecule has 0 fully saturated rings. The maximum atomic E-state index is 13.0. The second-order valence-corrected chi connectivity index (χ2v) is 9.33. The number of rotatable bonds is 7. The quantitative estimate of drug-likeness (QED) is 0.343. The fourth-order valence-corrected chi connectivity index (χ4v) is 3.98. The monoisotopic (exact) mass is 493 g/mol. The van der Waals surface area contributed by atoms with Gasteiger partial charge in [0, 0.05) is 21.7 Å². The second-order valence-electron chi connectivity index (χ2n) is 7.04. The number of benzene rings is 2. The summed E-state index contributed by atoms with van der Waals surface area (Å²) in [4.78, 5) is 30.0. The van der Waals surface area contributed by atoms with Crippen LogP contribution in [-0.2, 0) is 11.3 Å². The lowest BCUT2D eigenvalue weighted by molar-refractivity contribution is -0.113. The molecule has 1 amide bonds. The molecular formula is C21H21BrClN3O2S. The van der Waals surface area contributed by atoms with Crippen LogP contribution in [0.15, 0.2) is 56.9 Å². The minimum atomic E-state index is -0.159. The molecule has 1 heterocycles. The summed E-state index contributed by atoms with van der Waals surface area (Å²) in [5.74, 6) is 0.436. The third-order valence-electron chi connectivity index (χ3n) is 4.27. The van der Waals surface area contributed by atoms with Crippen LogP contribution in [0, 0.1) is 5.92 Å². The first-order valence-electron chi connectivity index (χ1n) is 9.22. The van der Waals surface area contributed by atoms with Crippen molar-refractivity contribution in [1.29, 1.82) is 0 Å². The van der Waals surface area contributed by atoms with Crippen molar-refractivity contribution >= 4 is 61.8 Å². The van der Waals surface area contributed by atoms with Crippen molar-refractivity contribution in [2.75, 3.05) is 11.1 Å². The third kappa shape index (κ3) is 5.84. The number of carbonyl (C=O) groups is 1. The van der Waals surface area contributed by atoms with E-state index in [0.717, 1.165) is 10.9 Å². The number of fused-ring (bicyclic) bond motifs is 1. The zero-order valence-electron chi connectivity index (χ0n) is 16.1. The van der Waals surface area contributed by atoms with E-state index in [1.54, 1.807) is 22.8 Å². The summed E-state index contributed by atoms with van der Waals surface area (Å²) in [6.45, 7) is 4.77. The van der Waals surface area contributed by atoms with Gasteiger partial charge in [-0.05, 0) is 54.8 Å². The van der Waals surface area contributed by atoms with Gasteiger partial charge in [0.25, 0.3) is 5.56 Å². The fraction of sp³-hybridized carbons (Fsp3) is 0.286. The molecule has 29 heavy (non-hydrogen) atoms. The van der Waals surface area contributed by atoms with Gasteiger partial charge in [-0.25, -0.2) is 4.98 Å². The van der Waals surface area contributed by atoms with Crippen molar-refractivity contribution in [1.82, 2.24) is 9.55 Å². The Morgan fingerprint density at radius 1 is 1.24 bits per heavy atom. The molecule has 1 aromatic heterocycles. The molecule has 0 atom stereocenters. The molecule has 3 aromatic rings. The van der Waals surface area contributed by atoms with E-state index in [1.165, 1.54) is 11.8 Å². The number of halogens is 2. The number of aromatic nitrogens is 2. The van der Waals surface area contributed by atoms with Gasteiger partial charge in [0.2, 0.25) is 5.91 Å². The third-order valence-corrected chi connectivity index (χ3v) is 6.01. The molecule has 0 aliphatic heterocycles. The van der Waals surface area contributed by atoms with E-state index >= 15 is 0 Å². The minimum Gasteiger partial charge on any atom is -0.325 e. The summed E-state index contributed by atoms with van der Waals surface area (Å²) < 4.78 is 2.60. The molecule has 3 rings (SSSR count). The zero-order chi connectivity index (χ0) is 21.0. The largest absolute Gasteiger partial charge is 0.325 e. The molecule has 0 bridgehead atoms. The summed E-state index contributed by atoms with van der Waals surface area (Å²) in [7, 11) is 0. The van der Waals surface area contributed by atoms with E-state index < -0.39 is 0 Å². The first kappa shape index (κ1) is 21.9. The van der Waals surface area contributed by atoms with Crippen molar-refractivity contribution in [3.63, 3.8) is 0 Å². The number of hydrogen-bond acceptors (Lipinski definition) is 4. The van der Waals surface area contributed by atoms with Crippen molar-refractivity contribution in [3.05, 3.63) is 62.3 Å². The smallest absolute Gasteiger partial charge is 0.262 e. The Morgan fingerprint density at radius 3 is 2.66 bits per heavy atom. The Labute approximate surface area is 187 Å². The molecule has 5 nitrogen and oxygen atoms in total. The van der Waals surface area contributed by atoms with Gasteiger partial charge < -0.3 is 5.32 Å². The first-order valence-corrected chi connectivity index (χ1v) is 11.4. The summed E-state index contributed by atoms with van der Waals surface area (Å²) >= 11 is 10.7. The van der Waals surface area contributed by atoms with Crippen LogP contribution in [0.3, 0.4) is 0 Å². The Morgan fingerprint density at radius 2 is 1.97 bits per heavy atom. The summed E-state index contributed by atoms with van der Waals surface area (Å²) in [5, 5.41) is 4.43. The molecule has 0 aliphatic carbocycles. The van der Waals surface area contributed by atoms with Crippen LogP contribution >= 0.6 is 39.3 Å². The van der Waals surface area contributed by atoms with Gasteiger partial charge in [0.1, 0.15) is 0 Å². The first-order chi connectivity index (χ1) is 13.8. The van der Waals surface area contributed by atoms with E-state index in [9.17, 15) is 9.59 Å². The normalized spacial score (nSPS) is 11.2. The molecular weight excluding hydrogens is 474 g/mol. The average molecular weight is 495 g/mol. The van der Waals surface area contributed by atoms with E-state index in [4.69, 9.17) is 11.6 Å². The molecule has 8 heteroatoms. The SMILES string of the molecule is CC(C)CCn1c(SCC(=O)Nc2ccc(Br)cc2)nc2cc(Cl)ccc2c1=O. The summed E-state index contributed by atoms with van der Waals surface area (Å²) in [6.07, 6.45) is 0.847. The Kier molecular flexibility index (Phi) is 7.38. The number of anilines is 1. The van der Waals surface area contributed by atoms with E-state index in [0.29, 0.717) is 39.2 Å². The van der Waals surface area contributed by atoms with Gasteiger partial charge in [-0.2, -0.15) is 0 Å². The topological polar surface area (TPSA) is 64.0 Å². The standard InChI is InChI=1S/C21H21BrClN3O2S/c1-13(2)9-10-26-20(28)17-8-5-15(23)11-18(17)25-21(26)29-12-19(27)24-16-6-3-14(22)4-7-16/h3-8,11,13H,9-10,12H2,1-2H3,(H,24,27). The molecule has 0 spiro atoms. The molecule has 0 saturated carbocycles. The predicted molar refractivity (Wildman–Crippen MR) is 124 cm³/mol. The minimum absolute atomic E-state index is 0.108. The van der Waals surface area contributed by atoms with Crippen LogP contribution < -0.4 is 10.9 Å². The van der Waals surface area contributed by atoms with Crippen molar-refractivity contribution in [2.45, 2.75) is 32.0 Å². The maximum absolute atomic E-state index is 13.0. The van der Waals surface area contributed by atoms with Crippen molar-refractivity contribution in [3.8, 4) is 0 Å². The Balaban J connectivity index is 1.83. The second kappa shape index (κ2) is 9.78. The van der Waals surface area contributed by atoms with Crippen LogP contribution in [0.2, 0.25) is 5.02 Å².